The Balaban J connectivity index is 0.00000176. The Hall–Kier alpha value is -1.42. The largest absolute Gasteiger partial charge is 0.339 e. The Labute approximate surface area is 138 Å². The molecular formula is C17H24ClN3O. The first-order valence-corrected chi connectivity index (χ1v) is 8.10. The lowest BCUT2D eigenvalue weighted by molar-refractivity contribution is 0.260. The van der Waals surface area contributed by atoms with Crippen molar-refractivity contribution in [1.82, 2.24) is 15.1 Å². The fraction of sp³-hybridized carbons (Fsp3) is 0.588. The van der Waals surface area contributed by atoms with Crippen LogP contribution in [0.2, 0.25) is 0 Å². The van der Waals surface area contributed by atoms with Gasteiger partial charge in [-0.25, -0.2) is 0 Å². The van der Waals surface area contributed by atoms with Crippen LogP contribution in [-0.2, 0) is 0 Å². The van der Waals surface area contributed by atoms with Crippen LogP contribution in [0.15, 0.2) is 29.0 Å². The molecule has 0 atom stereocenters. The van der Waals surface area contributed by atoms with Crippen molar-refractivity contribution < 1.29 is 4.52 Å². The first-order valence-electron chi connectivity index (χ1n) is 8.10. The highest BCUT2D eigenvalue weighted by Crippen LogP contribution is 2.37. The van der Waals surface area contributed by atoms with E-state index in [9.17, 15) is 0 Å². The lowest BCUT2D eigenvalue weighted by Gasteiger charge is -2.26. The van der Waals surface area contributed by atoms with E-state index in [1.807, 2.05) is 12.1 Å². The molecule has 1 fully saturated rings. The summed E-state index contributed by atoms with van der Waals surface area (Å²) in [6.07, 6.45) is 12.5. The molecule has 2 heterocycles. The number of hydrogen-bond acceptors (Lipinski definition) is 4. The van der Waals surface area contributed by atoms with Crippen molar-refractivity contribution in [2.75, 3.05) is 0 Å². The van der Waals surface area contributed by atoms with Gasteiger partial charge in [0.1, 0.15) is 0 Å². The molecule has 1 aliphatic rings. The predicted octanol–water partition coefficient (Wildman–Crippen LogP) is 5.02. The lowest BCUT2D eigenvalue weighted by atomic mass is 9.80. The van der Waals surface area contributed by atoms with Gasteiger partial charge in [0.05, 0.1) is 0 Å². The molecule has 0 spiro atoms. The summed E-state index contributed by atoms with van der Waals surface area (Å²) in [4.78, 5) is 8.60. The van der Waals surface area contributed by atoms with Gasteiger partial charge in [-0.15, -0.1) is 12.4 Å². The molecule has 2 aromatic rings. The van der Waals surface area contributed by atoms with E-state index in [0.29, 0.717) is 11.7 Å². The van der Waals surface area contributed by atoms with Gasteiger partial charge in [-0.1, -0.05) is 31.3 Å². The third-order valence-corrected chi connectivity index (χ3v) is 4.54. The van der Waals surface area contributed by atoms with Gasteiger partial charge in [0.15, 0.2) is 0 Å². The highest BCUT2D eigenvalue weighted by molar-refractivity contribution is 5.85. The minimum atomic E-state index is 0. The van der Waals surface area contributed by atoms with E-state index in [1.54, 1.807) is 12.4 Å². The van der Waals surface area contributed by atoms with E-state index in [4.69, 9.17) is 4.52 Å². The van der Waals surface area contributed by atoms with Gasteiger partial charge in [-0.2, -0.15) is 4.98 Å². The molecule has 22 heavy (non-hydrogen) atoms. The average Bonchev–Trinajstić information content (AvgIpc) is 3.04. The van der Waals surface area contributed by atoms with E-state index in [2.05, 4.69) is 22.0 Å². The van der Waals surface area contributed by atoms with Gasteiger partial charge >= 0.3 is 0 Å². The van der Waals surface area contributed by atoms with Crippen LogP contribution in [0.1, 0.15) is 63.7 Å². The second-order valence-corrected chi connectivity index (χ2v) is 6.05. The maximum atomic E-state index is 5.49. The molecule has 0 radical (unpaired) electrons. The highest BCUT2D eigenvalue weighted by Gasteiger charge is 2.26. The van der Waals surface area contributed by atoms with E-state index in [0.717, 1.165) is 17.4 Å². The monoisotopic (exact) mass is 321 g/mol. The first-order chi connectivity index (χ1) is 10.4. The summed E-state index contributed by atoms with van der Waals surface area (Å²) >= 11 is 0. The Morgan fingerprint density at radius 3 is 2.55 bits per heavy atom. The third-order valence-electron chi connectivity index (χ3n) is 4.54. The molecule has 2 aromatic heterocycles. The van der Waals surface area contributed by atoms with Crippen LogP contribution in [0.5, 0.6) is 0 Å². The molecule has 0 amide bonds. The maximum Gasteiger partial charge on any atom is 0.230 e. The molecule has 1 aliphatic carbocycles. The van der Waals surface area contributed by atoms with Crippen molar-refractivity contribution in [3.8, 4) is 11.4 Å². The zero-order valence-corrected chi connectivity index (χ0v) is 13.9. The number of pyridine rings is 1. The fourth-order valence-corrected chi connectivity index (χ4v) is 3.21. The summed E-state index contributed by atoms with van der Waals surface area (Å²) in [5.74, 6) is 2.85. The molecule has 120 valence electrons. The van der Waals surface area contributed by atoms with Crippen LogP contribution in [0.3, 0.4) is 0 Å². The van der Waals surface area contributed by atoms with Crippen molar-refractivity contribution in [1.29, 1.82) is 0 Å². The van der Waals surface area contributed by atoms with E-state index in [1.165, 1.54) is 44.9 Å². The molecule has 0 unspecified atom stereocenters. The van der Waals surface area contributed by atoms with Gasteiger partial charge in [0, 0.05) is 23.9 Å². The summed E-state index contributed by atoms with van der Waals surface area (Å²) in [5, 5.41) is 4.12. The van der Waals surface area contributed by atoms with E-state index in [-0.39, 0.29) is 12.4 Å². The van der Waals surface area contributed by atoms with Gasteiger partial charge < -0.3 is 4.52 Å². The van der Waals surface area contributed by atoms with Crippen LogP contribution in [0, 0.1) is 5.92 Å². The summed E-state index contributed by atoms with van der Waals surface area (Å²) < 4.78 is 5.49. The van der Waals surface area contributed by atoms with Crippen LogP contribution in [-0.4, -0.2) is 15.1 Å². The lowest BCUT2D eigenvalue weighted by Crippen LogP contribution is -2.13. The van der Waals surface area contributed by atoms with Crippen molar-refractivity contribution in [3.05, 3.63) is 30.4 Å². The Morgan fingerprint density at radius 2 is 1.86 bits per heavy atom. The molecule has 1 saturated carbocycles. The summed E-state index contributed by atoms with van der Waals surface area (Å²) in [7, 11) is 0. The molecule has 5 heteroatoms. The van der Waals surface area contributed by atoms with Crippen LogP contribution < -0.4 is 0 Å². The van der Waals surface area contributed by atoms with Gasteiger partial charge in [0.25, 0.3) is 0 Å². The van der Waals surface area contributed by atoms with Gasteiger partial charge in [-0.3, -0.25) is 4.98 Å². The van der Waals surface area contributed by atoms with Gasteiger partial charge in [-0.05, 0) is 43.7 Å². The summed E-state index contributed by atoms with van der Waals surface area (Å²) in [6, 6.07) is 3.83. The standard InChI is InChI=1S/C17H23N3O.ClH/c1-2-3-4-13-5-7-15(8-6-13)17-19-16(20-21-17)14-9-11-18-12-10-14;/h9-13,15H,2-8H2,1H3;1H. The molecule has 4 nitrogen and oxygen atoms in total. The van der Waals surface area contributed by atoms with Crippen LogP contribution >= 0.6 is 12.4 Å². The molecule has 0 saturated heterocycles. The Kier molecular flexibility index (Phi) is 6.37. The molecule has 3 rings (SSSR count). The molecular weight excluding hydrogens is 298 g/mol. The van der Waals surface area contributed by atoms with Crippen molar-refractivity contribution in [2.24, 2.45) is 5.92 Å². The first kappa shape index (κ1) is 16.9. The zero-order chi connectivity index (χ0) is 14.5. The second kappa shape index (κ2) is 8.28. The normalized spacial score (nSPS) is 21.3. The summed E-state index contributed by atoms with van der Waals surface area (Å²) in [5.41, 5.74) is 0.969. The quantitative estimate of drug-likeness (QED) is 0.776. The molecule has 0 bridgehead atoms. The SMILES string of the molecule is CCCCC1CCC(c2nc(-c3ccncc3)no2)CC1.Cl. The number of hydrogen-bond donors (Lipinski definition) is 0. The van der Waals surface area contributed by atoms with Crippen molar-refractivity contribution >= 4 is 12.4 Å². The topological polar surface area (TPSA) is 51.8 Å². The number of aromatic nitrogens is 3. The minimum absolute atomic E-state index is 0. The van der Waals surface area contributed by atoms with Crippen molar-refractivity contribution in [3.63, 3.8) is 0 Å². The smallest absolute Gasteiger partial charge is 0.230 e. The van der Waals surface area contributed by atoms with Gasteiger partial charge in [0.2, 0.25) is 11.7 Å². The zero-order valence-electron chi connectivity index (χ0n) is 13.1. The van der Waals surface area contributed by atoms with Crippen LogP contribution in [0.25, 0.3) is 11.4 Å². The highest BCUT2D eigenvalue weighted by atomic mass is 35.5. The Bertz CT molecular complexity index is 550. The second-order valence-electron chi connectivity index (χ2n) is 6.05. The number of nitrogens with zero attached hydrogens (tertiary/aromatic N) is 3. The molecule has 0 N–H and O–H groups in total. The average molecular weight is 322 g/mol. The van der Waals surface area contributed by atoms with E-state index >= 15 is 0 Å². The number of halogens is 1. The minimum Gasteiger partial charge on any atom is -0.339 e. The summed E-state index contributed by atoms with van der Waals surface area (Å²) in [6.45, 7) is 2.27. The van der Waals surface area contributed by atoms with E-state index < -0.39 is 0 Å². The number of unbranched alkanes of at least 4 members (excludes halogenated alkanes) is 1. The van der Waals surface area contributed by atoms with Crippen molar-refractivity contribution in [2.45, 2.75) is 57.8 Å². The fourth-order valence-electron chi connectivity index (χ4n) is 3.21. The molecule has 0 aliphatic heterocycles. The maximum absolute atomic E-state index is 5.49. The number of rotatable bonds is 5. The van der Waals surface area contributed by atoms with Crippen LogP contribution in [0.4, 0.5) is 0 Å². The Morgan fingerprint density at radius 1 is 1.14 bits per heavy atom. The third kappa shape index (κ3) is 4.07. The molecule has 0 aromatic carbocycles. The predicted molar refractivity (Wildman–Crippen MR) is 89.0 cm³/mol.